The molecule has 3 saturated heterocycles. The minimum atomic E-state index is -0.0427. The summed E-state index contributed by atoms with van der Waals surface area (Å²) in [6, 6.07) is 15.9. The predicted octanol–water partition coefficient (Wildman–Crippen LogP) is 3.24. The first-order valence-electron chi connectivity index (χ1n) is 9.72. The van der Waals surface area contributed by atoms with E-state index in [4.69, 9.17) is 4.42 Å². The van der Waals surface area contributed by atoms with Crippen LogP contribution < -0.4 is 5.32 Å². The smallest absolute Gasteiger partial charge is 0.253 e. The highest BCUT2D eigenvalue weighted by atomic mass is 16.3. The fraction of sp³-hybridized carbons (Fsp3) is 0.364. The first-order chi connectivity index (χ1) is 13.3. The van der Waals surface area contributed by atoms with Crippen molar-refractivity contribution < 1.29 is 9.21 Å². The standard InChI is InChI=1S/C22H23N3O2/c26-22(23-18-14-25-11-9-16(18)10-12-25)17-7-4-8-19-21(17)24-20(27-19)13-15-5-2-1-3-6-15/h1-8,16,18H,9-14H2,(H,23,26). The van der Waals surface area contributed by atoms with Gasteiger partial charge in [-0.05, 0) is 49.5 Å². The molecule has 3 fully saturated rings. The van der Waals surface area contributed by atoms with Crippen LogP contribution in [0.2, 0.25) is 0 Å². The molecule has 3 aliphatic rings. The molecule has 3 aromatic rings. The van der Waals surface area contributed by atoms with Gasteiger partial charge in [-0.1, -0.05) is 36.4 Å². The molecular weight excluding hydrogens is 338 g/mol. The van der Waals surface area contributed by atoms with Gasteiger partial charge in [0.15, 0.2) is 11.5 Å². The number of para-hydroxylation sites is 1. The highest BCUT2D eigenvalue weighted by Gasteiger charge is 2.35. The summed E-state index contributed by atoms with van der Waals surface area (Å²) in [5.41, 5.74) is 3.07. The van der Waals surface area contributed by atoms with Gasteiger partial charge in [0.2, 0.25) is 0 Å². The van der Waals surface area contributed by atoms with Gasteiger partial charge < -0.3 is 14.6 Å². The summed E-state index contributed by atoms with van der Waals surface area (Å²) < 4.78 is 5.90. The number of hydrogen-bond donors (Lipinski definition) is 1. The molecule has 5 nitrogen and oxygen atoms in total. The predicted molar refractivity (Wildman–Crippen MR) is 104 cm³/mol. The second-order valence-corrected chi connectivity index (χ2v) is 7.64. The molecule has 138 valence electrons. The van der Waals surface area contributed by atoms with Gasteiger partial charge >= 0.3 is 0 Å². The van der Waals surface area contributed by atoms with Gasteiger partial charge in [0.1, 0.15) is 5.52 Å². The largest absolute Gasteiger partial charge is 0.440 e. The molecule has 27 heavy (non-hydrogen) atoms. The maximum atomic E-state index is 13.0. The van der Waals surface area contributed by atoms with Crippen molar-refractivity contribution in [1.29, 1.82) is 0 Å². The van der Waals surface area contributed by atoms with Gasteiger partial charge in [0.05, 0.1) is 5.56 Å². The van der Waals surface area contributed by atoms with Crippen molar-refractivity contribution in [1.82, 2.24) is 15.2 Å². The molecule has 0 radical (unpaired) electrons. The van der Waals surface area contributed by atoms with Crippen LogP contribution in [-0.4, -0.2) is 41.5 Å². The SMILES string of the molecule is O=C(NC1CN2CCC1CC2)c1cccc2oc(Cc3ccccc3)nc12. The lowest BCUT2D eigenvalue weighted by molar-refractivity contribution is 0.0621. The average molecular weight is 361 g/mol. The fourth-order valence-electron chi connectivity index (χ4n) is 4.40. The monoisotopic (exact) mass is 361 g/mol. The Labute approximate surface area is 158 Å². The topological polar surface area (TPSA) is 58.4 Å². The molecule has 3 aliphatic heterocycles. The minimum absolute atomic E-state index is 0.0427. The van der Waals surface area contributed by atoms with E-state index in [1.807, 2.05) is 36.4 Å². The minimum Gasteiger partial charge on any atom is -0.440 e. The summed E-state index contributed by atoms with van der Waals surface area (Å²) in [5, 5.41) is 3.26. The third kappa shape index (κ3) is 3.23. The van der Waals surface area contributed by atoms with Crippen molar-refractivity contribution >= 4 is 17.0 Å². The summed E-state index contributed by atoms with van der Waals surface area (Å²) in [4.78, 5) is 20.0. The molecule has 6 rings (SSSR count). The first-order valence-corrected chi connectivity index (χ1v) is 9.72. The number of nitrogens with zero attached hydrogens (tertiary/aromatic N) is 2. The fourth-order valence-corrected chi connectivity index (χ4v) is 4.40. The molecule has 2 bridgehead atoms. The van der Waals surface area contributed by atoms with Crippen LogP contribution in [0.25, 0.3) is 11.1 Å². The van der Waals surface area contributed by atoms with Crippen molar-refractivity contribution in [2.75, 3.05) is 19.6 Å². The Morgan fingerprint density at radius 1 is 1.11 bits per heavy atom. The van der Waals surface area contributed by atoms with Gasteiger partial charge in [-0.25, -0.2) is 4.98 Å². The number of nitrogens with one attached hydrogen (secondary N) is 1. The van der Waals surface area contributed by atoms with Crippen LogP contribution in [0, 0.1) is 5.92 Å². The maximum absolute atomic E-state index is 13.0. The molecule has 1 N–H and O–H groups in total. The molecule has 5 heteroatoms. The normalized spacial score (nSPS) is 24.2. The lowest BCUT2D eigenvalue weighted by Crippen LogP contribution is -2.57. The molecule has 0 aliphatic carbocycles. The molecule has 0 spiro atoms. The summed E-state index contributed by atoms with van der Waals surface area (Å²) in [6.45, 7) is 3.29. The quantitative estimate of drug-likeness (QED) is 0.775. The van der Waals surface area contributed by atoms with Crippen LogP contribution >= 0.6 is 0 Å². The van der Waals surface area contributed by atoms with Gasteiger partial charge in [0, 0.05) is 19.0 Å². The van der Waals surface area contributed by atoms with Crippen molar-refractivity contribution in [3.05, 3.63) is 65.5 Å². The molecule has 4 heterocycles. The van der Waals surface area contributed by atoms with E-state index in [0.29, 0.717) is 34.9 Å². The summed E-state index contributed by atoms with van der Waals surface area (Å²) in [6.07, 6.45) is 2.98. The van der Waals surface area contributed by atoms with E-state index in [2.05, 4.69) is 27.3 Å². The molecule has 1 amide bonds. The Balaban J connectivity index is 1.39. The Bertz CT molecular complexity index is 958. The lowest BCUT2D eigenvalue weighted by atomic mass is 9.84. The van der Waals surface area contributed by atoms with Crippen molar-refractivity contribution in [3.63, 3.8) is 0 Å². The van der Waals surface area contributed by atoms with E-state index >= 15 is 0 Å². The third-order valence-corrected chi connectivity index (χ3v) is 5.88. The number of benzene rings is 2. The highest BCUT2D eigenvalue weighted by Crippen LogP contribution is 2.28. The zero-order valence-corrected chi connectivity index (χ0v) is 15.2. The first kappa shape index (κ1) is 16.5. The van der Waals surface area contributed by atoms with E-state index in [0.717, 1.165) is 12.1 Å². The van der Waals surface area contributed by atoms with Gasteiger partial charge in [-0.2, -0.15) is 0 Å². The number of aromatic nitrogens is 1. The number of carbonyl (C=O) groups excluding carboxylic acids is 1. The van der Waals surface area contributed by atoms with Crippen LogP contribution in [0.3, 0.4) is 0 Å². The summed E-state index contributed by atoms with van der Waals surface area (Å²) in [7, 11) is 0. The van der Waals surface area contributed by atoms with Crippen LogP contribution in [-0.2, 0) is 6.42 Å². The maximum Gasteiger partial charge on any atom is 0.253 e. The number of piperidine rings is 3. The van der Waals surface area contributed by atoms with Gasteiger partial charge in [-0.15, -0.1) is 0 Å². The number of hydrogen-bond acceptors (Lipinski definition) is 4. The number of amides is 1. The average Bonchev–Trinajstić information content (AvgIpc) is 3.12. The lowest BCUT2D eigenvalue weighted by Gasteiger charge is -2.44. The van der Waals surface area contributed by atoms with Crippen molar-refractivity contribution in [2.24, 2.45) is 5.92 Å². The van der Waals surface area contributed by atoms with Crippen molar-refractivity contribution in [2.45, 2.75) is 25.3 Å². The van der Waals surface area contributed by atoms with Crippen LogP contribution in [0.1, 0.15) is 34.7 Å². The van der Waals surface area contributed by atoms with Crippen LogP contribution in [0.15, 0.2) is 52.9 Å². The summed E-state index contributed by atoms with van der Waals surface area (Å²) in [5.74, 6) is 1.20. The number of carbonyl (C=O) groups is 1. The molecular formula is C22H23N3O2. The number of oxazole rings is 1. The molecule has 1 atom stereocenters. The van der Waals surface area contributed by atoms with Gasteiger partial charge in [-0.3, -0.25) is 4.79 Å². The van der Waals surface area contributed by atoms with Crippen LogP contribution in [0.4, 0.5) is 0 Å². The van der Waals surface area contributed by atoms with E-state index < -0.39 is 0 Å². The van der Waals surface area contributed by atoms with E-state index in [1.54, 1.807) is 0 Å². The number of rotatable bonds is 4. The molecule has 2 aromatic carbocycles. The second kappa shape index (κ2) is 6.82. The second-order valence-electron chi connectivity index (χ2n) is 7.64. The highest BCUT2D eigenvalue weighted by molar-refractivity contribution is 6.04. The molecule has 1 aromatic heterocycles. The Kier molecular flexibility index (Phi) is 4.17. The number of fused-ring (bicyclic) bond motifs is 4. The van der Waals surface area contributed by atoms with Gasteiger partial charge in [0.25, 0.3) is 5.91 Å². The van der Waals surface area contributed by atoms with Crippen LogP contribution in [0.5, 0.6) is 0 Å². The van der Waals surface area contributed by atoms with Crippen molar-refractivity contribution in [3.8, 4) is 0 Å². The third-order valence-electron chi connectivity index (χ3n) is 5.88. The van der Waals surface area contributed by atoms with E-state index in [1.165, 1.54) is 25.9 Å². The zero-order valence-electron chi connectivity index (χ0n) is 15.2. The molecule has 1 unspecified atom stereocenters. The Morgan fingerprint density at radius 3 is 2.67 bits per heavy atom. The molecule has 0 saturated carbocycles. The summed E-state index contributed by atoms with van der Waals surface area (Å²) >= 11 is 0. The Morgan fingerprint density at radius 2 is 1.93 bits per heavy atom. The van der Waals surface area contributed by atoms with E-state index in [-0.39, 0.29) is 11.9 Å². The zero-order chi connectivity index (χ0) is 18.2. The Hall–Kier alpha value is -2.66. The van der Waals surface area contributed by atoms with E-state index in [9.17, 15) is 4.79 Å².